The number of hydrogen-bond donors (Lipinski definition) is 1. The van der Waals surface area contributed by atoms with E-state index in [0.717, 1.165) is 0 Å². The lowest BCUT2D eigenvalue weighted by Gasteiger charge is -2.01. The number of hydrogen-bond acceptors (Lipinski definition) is 5. The molecule has 0 bridgehead atoms. The predicted octanol–water partition coefficient (Wildman–Crippen LogP) is 0.736. The van der Waals surface area contributed by atoms with Gasteiger partial charge in [0.25, 0.3) is 0 Å². The largest absolute Gasteiger partial charge is 0.544 e. The van der Waals surface area contributed by atoms with Crippen LogP contribution in [0.15, 0.2) is 36.0 Å². The van der Waals surface area contributed by atoms with Crippen LogP contribution in [0.1, 0.15) is 12.0 Å². The topological polar surface area (TPSA) is 125 Å². The Bertz CT molecular complexity index is 847. The summed E-state index contributed by atoms with van der Waals surface area (Å²) in [6, 6.07) is 8.32. The fraction of sp³-hybridized carbons (Fsp3) is 0.125. The van der Waals surface area contributed by atoms with E-state index < -0.39 is 17.4 Å². The number of rotatable bonds is 6. The molecule has 0 spiro atoms. The summed E-state index contributed by atoms with van der Waals surface area (Å²) in [5.41, 5.74) is 6.13. The van der Waals surface area contributed by atoms with Gasteiger partial charge < -0.3 is 15.6 Å². The van der Waals surface area contributed by atoms with Crippen LogP contribution < -0.4 is 10.8 Å². The smallest absolute Gasteiger partial charge is 0.219 e. The standard InChI is InChI=1S/C16H13ClN4O3/c17-13-3-1-10(2-4-13)15-12(7-11(8-18)16(23)24)9-21(20-15)6-5-14(19)22/h1-4,7,9H,5-6H2,(H2,19,22)(H,23,24)/p-1/b11-7-. The lowest BCUT2D eigenvalue weighted by molar-refractivity contribution is -0.298. The Morgan fingerprint density at radius 3 is 2.58 bits per heavy atom. The Hall–Kier alpha value is -3.11. The monoisotopic (exact) mass is 343 g/mol. The van der Waals surface area contributed by atoms with Crippen molar-refractivity contribution in [2.45, 2.75) is 13.0 Å². The first kappa shape index (κ1) is 17.2. The van der Waals surface area contributed by atoms with E-state index in [1.54, 1.807) is 30.3 Å². The summed E-state index contributed by atoms with van der Waals surface area (Å²) >= 11 is 5.86. The zero-order valence-electron chi connectivity index (χ0n) is 12.4. The third-order valence-electron chi connectivity index (χ3n) is 3.14. The lowest BCUT2D eigenvalue weighted by atomic mass is 10.1. The highest BCUT2D eigenvalue weighted by Gasteiger charge is 2.12. The van der Waals surface area contributed by atoms with Crippen LogP contribution in [-0.2, 0) is 16.1 Å². The normalized spacial score (nSPS) is 11.1. The minimum absolute atomic E-state index is 0.0798. The number of carboxylic acids is 1. The fourth-order valence-electron chi connectivity index (χ4n) is 2.01. The molecule has 0 atom stereocenters. The molecule has 0 aliphatic rings. The summed E-state index contributed by atoms with van der Waals surface area (Å²) in [4.78, 5) is 21.9. The number of carbonyl (C=O) groups excluding carboxylic acids is 2. The maximum Gasteiger partial charge on any atom is 0.219 e. The second-order valence-corrected chi connectivity index (χ2v) is 5.31. The van der Waals surface area contributed by atoms with Gasteiger partial charge in [0.05, 0.1) is 17.2 Å². The lowest BCUT2D eigenvalue weighted by Crippen LogP contribution is -2.23. The Morgan fingerprint density at radius 1 is 1.38 bits per heavy atom. The minimum atomic E-state index is -1.58. The van der Waals surface area contributed by atoms with E-state index in [2.05, 4.69) is 5.10 Å². The van der Waals surface area contributed by atoms with Gasteiger partial charge in [-0.05, 0) is 18.2 Å². The van der Waals surface area contributed by atoms with E-state index in [4.69, 9.17) is 22.6 Å². The van der Waals surface area contributed by atoms with E-state index >= 15 is 0 Å². The summed E-state index contributed by atoms with van der Waals surface area (Å²) in [7, 11) is 0. The Labute approximate surface area is 142 Å². The van der Waals surface area contributed by atoms with Crippen LogP contribution in [0, 0.1) is 11.3 Å². The first-order valence-electron chi connectivity index (χ1n) is 6.85. The van der Waals surface area contributed by atoms with Crippen LogP contribution in [0.3, 0.4) is 0 Å². The van der Waals surface area contributed by atoms with E-state index in [1.165, 1.54) is 17.0 Å². The molecular weight excluding hydrogens is 332 g/mol. The average molecular weight is 344 g/mol. The van der Waals surface area contributed by atoms with Crippen molar-refractivity contribution in [3.05, 3.63) is 46.6 Å². The molecule has 2 rings (SSSR count). The molecule has 1 aromatic carbocycles. The molecule has 0 aliphatic heterocycles. The molecule has 0 aliphatic carbocycles. The second-order valence-electron chi connectivity index (χ2n) is 4.88. The summed E-state index contributed by atoms with van der Waals surface area (Å²) in [6.45, 7) is 0.233. The Kier molecular flexibility index (Phi) is 5.35. The molecule has 0 saturated heterocycles. The van der Waals surface area contributed by atoms with Gasteiger partial charge in [0, 0.05) is 35.3 Å². The highest BCUT2D eigenvalue weighted by molar-refractivity contribution is 6.30. The number of aromatic nitrogens is 2. The molecule has 1 aromatic heterocycles. The molecule has 1 heterocycles. The van der Waals surface area contributed by atoms with Gasteiger partial charge in [-0.25, -0.2) is 0 Å². The van der Waals surface area contributed by atoms with E-state index in [1.807, 2.05) is 0 Å². The first-order chi connectivity index (χ1) is 11.4. The van der Waals surface area contributed by atoms with Crippen molar-refractivity contribution in [2.75, 3.05) is 0 Å². The molecule has 24 heavy (non-hydrogen) atoms. The molecule has 0 unspecified atom stereocenters. The predicted molar refractivity (Wildman–Crippen MR) is 85.1 cm³/mol. The van der Waals surface area contributed by atoms with Crippen LogP contribution >= 0.6 is 11.6 Å². The molecule has 122 valence electrons. The van der Waals surface area contributed by atoms with Crippen molar-refractivity contribution < 1.29 is 14.7 Å². The number of aliphatic carboxylic acids is 1. The van der Waals surface area contributed by atoms with Crippen LogP contribution in [0.4, 0.5) is 0 Å². The van der Waals surface area contributed by atoms with Crippen molar-refractivity contribution >= 4 is 29.6 Å². The summed E-state index contributed by atoms with van der Waals surface area (Å²) in [5, 5.41) is 24.7. The minimum Gasteiger partial charge on any atom is -0.544 e. The third-order valence-corrected chi connectivity index (χ3v) is 3.39. The van der Waals surface area contributed by atoms with Gasteiger partial charge in [0.15, 0.2) is 0 Å². The van der Waals surface area contributed by atoms with Gasteiger partial charge in [-0.2, -0.15) is 10.4 Å². The van der Waals surface area contributed by atoms with Crippen LogP contribution in [0.5, 0.6) is 0 Å². The first-order valence-corrected chi connectivity index (χ1v) is 7.23. The summed E-state index contributed by atoms with van der Waals surface area (Å²) in [6.07, 6.45) is 2.79. The van der Waals surface area contributed by atoms with Gasteiger partial charge in [-0.15, -0.1) is 0 Å². The maximum atomic E-state index is 10.9. The van der Waals surface area contributed by atoms with Crippen molar-refractivity contribution in [3.8, 4) is 17.3 Å². The van der Waals surface area contributed by atoms with Gasteiger partial charge in [-0.3, -0.25) is 9.48 Å². The number of halogens is 1. The van der Waals surface area contributed by atoms with E-state index in [0.29, 0.717) is 21.8 Å². The van der Waals surface area contributed by atoms with Crippen LogP contribution in [0.25, 0.3) is 17.3 Å². The number of carboxylic acid groups (broad SMARTS) is 1. The zero-order valence-corrected chi connectivity index (χ0v) is 13.2. The number of amides is 1. The van der Waals surface area contributed by atoms with Crippen molar-refractivity contribution in [2.24, 2.45) is 5.73 Å². The number of aryl methyl sites for hydroxylation is 1. The summed E-state index contributed by atoms with van der Waals surface area (Å²) in [5.74, 6) is -2.06. The number of primary amides is 1. The molecular formula is C16H12ClN4O3-. The quantitative estimate of drug-likeness (QED) is 0.611. The van der Waals surface area contributed by atoms with Gasteiger partial charge in [0.2, 0.25) is 5.91 Å². The van der Waals surface area contributed by atoms with Crippen molar-refractivity contribution in [1.82, 2.24) is 9.78 Å². The van der Waals surface area contributed by atoms with Crippen molar-refractivity contribution in [1.29, 1.82) is 5.26 Å². The van der Waals surface area contributed by atoms with E-state index in [9.17, 15) is 14.7 Å². The van der Waals surface area contributed by atoms with Gasteiger partial charge in [0.1, 0.15) is 6.07 Å². The molecule has 0 radical (unpaired) electrons. The van der Waals surface area contributed by atoms with Gasteiger partial charge >= 0.3 is 0 Å². The SMILES string of the molecule is N#C/C(=C/c1cn(CCC(N)=O)nc1-c1ccc(Cl)cc1)C(=O)[O-]. The number of benzene rings is 1. The number of carbonyl (C=O) groups is 2. The fourth-order valence-corrected chi connectivity index (χ4v) is 2.13. The van der Waals surface area contributed by atoms with E-state index in [-0.39, 0.29) is 13.0 Å². The van der Waals surface area contributed by atoms with Gasteiger partial charge in [-0.1, -0.05) is 23.7 Å². The molecule has 2 aromatic rings. The average Bonchev–Trinajstić information content (AvgIpc) is 2.94. The van der Waals surface area contributed by atoms with Crippen LogP contribution in [0.2, 0.25) is 5.02 Å². The summed E-state index contributed by atoms with van der Waals surface area (Å²) < 4.78 is 1.46. The maximum absolute atomic E-state index is 10.9. The molecule has 0 saturated carbocycles. The third kappa shape index (κ3) is 4.21. The molecule has 7 nitrogen and oxygen atoms in total. The molecule has 8 heteroatoms. The van der Waals surface area contributed by atoms with Crippen LogP contribution in [-0.4, -0.2) is 21.7 Å². The Morgan fingerprint density at radius 2 is 2.04 bits per heavy atom. The number of nitrogens with zero attached hydrogens (tertiary/aromatic N) is 3. The Balaban J connectivity index is 2.50. The van der Waals surface area contributed by atoms with Crippen molar-refractivity contribution in [3.63, 3.8) is 0 Å². The molecule has 2 N–H and O–H groups in total. The molecule has 0 fully saturated rings. The highest BCUT2D eigenvalue weighted by atomic mass is 35.5. The zero-order chi connectivity index (χ0) is 17.7. The highest BCUT2D eigenvalue weighted by Crippen LogP contribution is 2.25. The molecule has 1 amide bonds. The number of nitriles is 1. The second kappa shape index (κ2) is 7.44. The number of nitrogens with two attached hydrogens (primary N) is 1.